The molecule has 0 bridgehead atoms. The molecule has 0 unspecified atom stereocenters. The summed E-state index contributed by atoms with van der Waals surface area (Å²) in [6, 6.07) is 0. The van der Waals surface area contributed by atoms with Crippen molar-refractivity contribution in [2.24, 2.45) is 10.9 Å². The fourth-order valence-corrected chi connectivity index (χ4v) is 1.11. The molecular formula is C8H16N2. The minimum Gasteiger partial charge on any atom is -0.374 e. The van der Waals surface area contributed by atoms with Crippen molar-refractivity contribution in [3.8, 4) is 0 Å². The monoisotopic (exact) mass is 140 g/mol. The van der Waals surface area contributed by atoms with Crippen molar-refractivity contribution < 1.29 is 0 Å². The van der Waals surface area contributed by atoms with Gasteiger partial charge in [0.05, 0.1) is 5.84 Å². The number of rotatable bonds is 2. The van der Waals surface area contributed by atoms with Gasteiger partial charge in [-0.3, -0.25) is 4.99 Å². The molecule has 2 heteroatoms. The summed E-state index contributed by atoms with van der Waals surface area (Å²) in [5.74, 6) is 1.94. The van der Waals surface area contributed by atoms with Gasteiger partial charge < -0.3 is 5.32 Å². The lowest BCUT2D eigenvalue weighted by Gasteiger charge is -2.15. The zero-order chi connectivity index (χ0) is 7.40. The first-order chi connectivity index (χ1) is 4.79. The SMILES string of the molecule is CC(C)CC1=NCCCN1. The molecule has 0 fully saturated rings. The first-order valence-corrected chi connectivity index (χ1v) is 4.06. The van der Waals surface area contributed by atoms with E-state index in [4.69, 9.17) is 0 Å². The lowest BCUT2D eigenvalue weighted by Crippen LogP contribution is -2.30. The molecule has 0 aromatic rings. The molecule has 1 aliphatic heterocycles. The number of nitrogens with one attached hydrogen (secondary N) is 1. The van der Waals surface area contributed by atoms with E-state index in [0.717, 1.165) is 25.4 Å². The molecular weight excluding hydrogens is 124 g/mol. The van der Waals surface area contributed by atoms with Crippen LogP contribution in [0.4, 0.5) is 0 Å². The van der Waals surface area contributed by atoms with Gasteiger partial charge in [-0.15, -0.1) is 0 Å². The summed E-state index contributed by atoms with van der Waals surface area (Å²) < 4.78 is 0. The highest BCUT2D eigenvalue weighted by atomic mass is 15.0. The maximum Gasteiger partial charge on any atom is 0.0965 e. The molecule has 1 aliphatic rings. The van der Waals surface area contributed by atoms with Crippen molar-refractivity contribution in [3.63, 3.8) is 0 Å². The van der Waals surface area contributed by atoms with Crippen molar-refractivity contribution in [2.75, 3.05) is 13.1 Å². The molecule has 2 nitrogen and oxygen atoms in total. The number of amidine groups is 1. The van der Waals surface area contributed by atoms with Crippen molar-refractivity contribution in [1.82, 2.24) is 5.32 Å². The summed E-state index contributed by atoms with van der Waals surface area (Å²) in [6.45, 7) is 6.58. The topological polar surface area (TPSA) is 24.4 Å². The van der Waals surface area contributed by atoms with Crippen LogP contribution in [0.2, 0.25) is 0 Å². The van der Waals surface area contributed by atoms with Crippen LogP contribution in [0.25, 0.3) is 0 Å². The van der Waals surface area contributed by atoms with Gasteiger partial charge >= 0.3 is 0 Å². The predicted octanol–water partition coefficient (Wildman–Crippen LogP) is 1.42. The van der Waals surface area contributed by atoms with E-state index < -0.39 is 0 Å². The zero-order valence-electron chi connectivity index (χ0n) is 6.85. The van der Waals surface area contributed by atoms with Crippen LogP contribution in [0.3, 0.4) is 0 Å². The first-order valence-electron chi connectivity index (χ1n) is 4.06. The largest absolute Gasteiger partial charge is 0.374 e. The van der Waals surface area contributed by atoms with Crippen LogP contribution in [0, 0.1) is 5.92 Å². The van der Waals surface area contributed by atoms with Crippen molar-refractivity contribution in [2.45, 2.75) is 26.7 Å². The Kier molecular flexibility index (Phi) is 2.72. The highest BCUT2D eigenvalue weighted by Crippen LogP contribution is 2.02. The average Bonchev–Trinajstić information content (AvgIpc) is 1.88. The number of hydrogen-bond donors (Lipinski definition) is 1. The van der Waals surface area contributed by atoms with Crippen LogP contribution in [-0.2, 0) is 0 Å². The summed E-state index contributed by atoms with van der Waals surface area (Å²) in [7, 11) is 0. The van der Waals surface area contributed by atoms with Crippen LogP contribution < -0.4 is 5.32 Å². The molecule has 0 aromatic heterocycles. The Bertz CT molecular complexity index is 127. The fourth-order valence-electron chi connectivity index (χ4n) is 1.11. The fraction of sp³-hybridized carbons (Fsp3) is 0.875. The molecule has 1 N–H and O–H groups in total. The Morgan fingerprint density at radius 3 is 2.90 bits per heavy atom. The maximum atomic E-state index is 4.38. The third-order valence-electron chi connectivity index (χ3n) is 1.57. The van der Waals surface area contributed by atoms with E-state index in [1.54, 1.807) is 0 Å². The van der Waals surface area contributed by atoms with Gasteiger partial charge in [0.1, 0.15) is 0 Å². The third-order valence-corrected chi connectivity index (χ3v) is 1.57. The van der Waals surface area contributed by atoms with E-state index in [9.17, 15) is 0 Å². The lowest BCUT2D eigenvalue weighted by atomic mass is 10.1. The number of nitrogens with zero attached hydrogens (tertiary/aromatic N) is 1. The molecule has 0 saturated carbocycles. The van der Waals surface area contributed by atoms with Crippen LogP contribution in [-0.4, -0.2) is 18.9 Å². The van der Waals surface area contributed by atoms with Gasteiger partial charge in [0.15, 0.2) is 0 Å². The van der Waals surface area contributed by atoms with E-state index in [1.165, 1.54) is 12.3 Å². The Morgan fingerprint density at radius 2 is 2.40 bits per heavy atom. The van der Waals surface area contributed by atoms with E-state index >= 15 is 0 Å². The minimum atomic E-state index is 0.726. The molecule has 1 rings (SSSR count). The second-order valence-electron chi connectivity index (χ2n) is 3.21. The van der Waals surface area contributed by atoms with Gasteiger partial charge in [0, 0.05) is 19.5 Å². The van der Waals surface area contributed by atoms with E-state index in [1.807, 2.05) is 0 Å². The lowest BCUT2D eigenvalue weighted by molar-refractivity contribution is 0.642. The molecule has 0 saturated heterocycles. The Labute approximate surface area is 62.7 Å². The normalized spacial score (nSPS) is 18.5. The number of aliphatic imine (C=N–C) groups is 1. The molecule has 0 spiro atoms. The second kappa shape index (κ2) is 3.59. The molecule has 0 amide bonds. The Morgan fingerprint density at radius 1 is 1.60 bits per heavy atom. The van der Waals surface area contributed by atoms with Gasteiger partial charge in [0.25, 0.3) is 0 Å². The molecule has 0 aromatic carbocycles. The highest BCUT2D eigenvalue weighted by molar-refractivity contribution is 5.82. The Balaban J connectivity index is 2.31. The third kappa shape index (κ3) is 2.38. The van der Waals surface area contributed by atoms with Gasteiger partial charge in [0.2, 0.25) is 0 Å². The van der Waals surface area contributed by atoms with Crippen LogP contribution in [0.5, 0.6) is 0 Å². The summed E-state index contributed by atoms with van der Waals surface area (Å²) in [4.78, 5) is 4.38. The molecule has 10 heavy (non-hydrogen) atoms. The maximum absolute atomic E-state index is 4.38. The van der Waals surface area contributed by atoms with Gasteiger partial charge in [-0.1, -0.05) is 13.8 Å². The minimum absolute atomic E-state index is 0.726. The molecule has 0 aliphatic carbocycles. The van der Waals surface area contributed by atoms with E-state index in [0.29, 0.717) is 0 Å². The van der Waals surface area contributed by atoms with E-state index in [-0.39, 0.29) is 0 Å². The Hall–Kier alpha value is -0.530. The van der Waals surface area contributed by atoms with Crippen LogP contribution in [0.15, 0.2) is 4.99 Å². The number of hydrogen-bond acceptors (Lipinski definition) is 2. The van der Waals surface area contributed by atoms with E-state index in [2.05, 4.69) is 24.2 Å². The molecule has 58 valence electrons. The second-order valence-corrected chi connectivity index (χ2v) is 3.21. The average molecular weight is 140 g/mol. The standard InChI is InChI=1S/C8H16N2/c1-7(2)6-8-9-4-3-5-10-8/h7H,3-6H2,1-2H3,(H,9,10). The van der Waals surface area contributed by atoms with Crippen molar-refractivity contribution in [3.05, 3.63) is 0 Å². The van der Waals surface area contributed by atoms with Gasteiger partial charge in [-0.25, -0.2) is 0 Å². The van der Waals surface area contributed by atoms with Gasteiger partial charge in [-0.2, -0.15) is 0 Å². The van der Waals surface area contributed by atoms with Crippen molar-refractivity contribution >= 4 is 5.84 Å². The zero-order valence-corrected chi connectivity index (χ0v) is 6.85. The molecule has 0 radical (unpaired) electrons. The summed E-state index contributed by atoms with van der Waals surface area (Å²) in [5, 5.41) is 3.30. The van der Waals surface area contributed by atoms with Crippen LogP contribution in [0.1, 0.15) is 26.7 Å². The van der Waals surface area contributed by atoms with Crippen LogP contribution >= 0.6 is 0 Å². The van der Waals surface area contributed by atoms with Crippen molar-refractivity contribution in [1.29, 1.82) is 0 Å². The summed E-state index contributed by atoms with van der Waals surface area (Å²) in [5.41, 5.74) is 0. The predicted molar refractivity (Wildman–Crippen MR) is 44.4 cm³/mol. The molecule has 0 atom stereocenters. The quantitative estimate of drug-likeness (QED) is 0.616. The van der Waals surface area contributed by atoms with Gasteiger partial charge in [-0.05, 0) is 12.3 Å². The smallest absolute Gasteiger partial charge is 0.0965 e. The molecule has 1 heterocycles. The summed E-state index contributed by atoms with van der Waals surface area (Å²) >= 11 is 0. The first kappa shape index (κ1) is 7.58. The highest BCUT2D eigenvalue weighted by Gasteiger charge is 2.04. The summed E-state index contributed by atoms with van der Waals surface area (Å²) in [6.07, 6.45) is 2.31.